The summed E-state index contributed by atoms with van der Waals surface area (Å²) in [6.07, 6.45) is 6.89. The lowest BCUT2D eigenvalue weighted by molar-refractivity contribution is -0.140. The van der Waals surface area contributed by atoms with E-state index >= 15 is 0 Å². The first-order chi connectivity index (χ1) is 13.0. The van der Waals surface area contributed by atoms with Crippen molar-refractivity contribution in [3.63, 3.8) is 0 Å². The van der Waals surface area contributed by atoms with Gasteiger partial charge in [-0.15, -0.1) is 0 Å². The maximum absolute atomic E-state index is 12.9. The van der Waals surface area contributed by atoms with Crippen molar-refractivity contribution < 1.29 is 19.4 Å². The predicted molar refractivity (Wildman–Crippen MR) is 101 cm³/mol. The minimum Gasteiger partial charge on any atom is -0.503 e. The average molecular weight is 431 g/mol. The first kappa shape index (κ1) is 17.0. The van der Waals surface area contributed by atoms with Crippen LogP contribution in [0, 0.1) is 35.5 Å². The molecule has 7 heteroatoms. The van der Waals surface area contributed by atoms with Crippen LogP contribution in [0.2, 0.25) is 0 Å². The number of phenolic OH excluding ortho intramolecular Hbond substituents is 1. The van der Waals surface area contributed by atoms with Gasteiger partial charge in [-0.1, -0.05) is 12.2 Å². The minimum atomic E-state index is -0.251. The Balaban J connectivity index is 1.42. The zero-order valence-electron chi connectivity index (χ0n) is 14.7. The number of phenols is 1. The third kappa shape index (κ3) is 2.40. The fraction of sp³-hybridized carbons (Fsp3) is 0.450. The Morgan fingerprint density at radius 3 is 2.44 bits per heavy atom. The fourth-order valence-corrected chi connectivity index (χ4v) is 5.57. The lowest BCUT2D eigenvalue weighted by Gasteiger charge is -2.37. The smallest absolute Gasteiger partial charge is 0.254 e. The molecule has 2 saturated carbocycles. The van der Waals surface area contributed by atoms with Crippen LogP contribution in [0.5, 0.6) is 11.5 Å². The molecule has 0 spiro atoms. The second kappa shape index (κ2) is 5.92. The number of imide groups is 1. The highest BCUT2D eigenvalue weighted by molar-refractivity contribution is 9.10. The maximum atomic E-state index is 12.9. The van der Waals surface area contributed by atoms with E-state index in [2.05, 4.69) is 33.2 Å². The Morgan fingerprint density at radius 1 is 1.22 bits per heavy atom. The highest BCUT2D eigenvalue weighted by atomic mass is 79.9. The van der Waals surface area contributed by atoms with Crippen LogP contribution >= 0.6 is 15.9 Å². The molecule has 6 nitrogen and oxygen atoms in total. The number of allylic oxidation sites excluding steroid dienone is 2. The van der Waals surface area contributed by atoms with Crippen molar-refractivity contribution in [3.8, 4) is 11.5 Å². The molecule has 27 heavy (non-hydrogen) atoms. The van der Waals surface area contributed by atoms with Crippen molar-refractivity contribution in [2.45, 2.75) is 13.3 Å². The molecule has 2 bridgehead atoms. The van der Waals surface area contributed by atoms with Gasteiger partial charge in [-0.3, -0.25) is 9.59 Å². The van der Waals surface area contributed by atoms with Crippen LogP contribution in [0.25, 0.3) is 0 Å². The lowest BCUT2D eigenvalue weighted by Crippen LogP contribution is -2.40. The summed E-state index contributed by atoms with van der Waals surface area (Å²) >= 11 is 3.28. The van der Waals surface area contributed by atoms with E-state index in [1.54, 1.807) is 12.1 Å². The van der Waals surface area contributed by atoms with Gasteiger partial charge in [0.1, 0.15) is 0 Å². The van der Waals surface area contributed by atoms with E-state index in [0.29, 0.717) is 34.2 Å². The number of hydrazone groups is 1. The zero-order valence-corrected chi connectivity index (χ0v) is 16.3. The number of carbonyl (C=O) groups is 2. The third-order valence-corrected chi connectivity index (χ3v) is 6.92. The van der Waals surface area contributed by atoms with E-state index in [-0.39, 0.29) is 41.2 Å². The number of aromatic hydroxyl groups is 1. The van der Waals surface area contributed by atoms with Gasteiger partial charge in [-0.25, -0.2) is 0 Å². The Kier molecular flexibility index (Phi) is 3.73. The lowest BCUT2D eigenvalue weighted by atomic mass is 9.63. The average Bonchev–Trinajstić information content (AvgIpc) is 3.43. The molecule has 1 saturated heterocycles. The summed E-state index contributed by atoms with van der Waals surface area (Å²) in [5.74, 6) is 0.981. The Hall–Kier alpha value is -2.15. The highest BCUT2D eigenvalue weighted by Crippen LogP contribution is 2.65. The fourth-order valence-electron chi connectivity index (χ4n) is 5.11. The molecule has 0 unspecified atom stereocenters. The highest BCUT2D eigenvalue weighted by Gasteiger charge is 2.67. The molecule has 0 radical (unpaired) electrons. The second-order valence-corrected chi connectivity index (χ2v) is 8.52. The van der Waals surface area contributed by atoms with Crippen molar-refractivity contribution in [3.05, 3.63) is 34.3 Å². The topological polar surface area (TPSA) is 79.2 Å². The zero-order chi connectivity index (χ0) is 18.9. The van der Waals surface area contributed by atoms with Gasteiger partial charge in [0.05, 0.1) is 29.1 Å². The van der Waals surface area contributed by atoms with Crippen molar-refractivity contribution >= 4 is 34.0 Å². The summed E-state index contributed by atoms with van der Waals surface area (Å²) in [4.78, 5) is 25.8. The first-order valence-corrected chi connectivity index (χ1v) is 10.1. The van der Waals surface area contributed by atoms with Gasteiger partial charge >= 0.3 is 0 Å². The molecular weight excluding hydrogens is 412 g/mol. The van der Waals surface area contributed by atoms with E-state index in [9.17, 15) is 14.7 Å². The van der Waals surface area contributed by atoms with E-state index in [4.69, 9.17) is 4.74 Å². The normalized spacial score (nSPS) is 35.7. The van der Waals surface area contributed by atoms with Gasteiger partial charge in [0, 0.05) is 0 Å². The Labute approximate surface area is 165 Å². The molecule has 0 aromatic heterocycles. The maximum Gasteiger partial charge on any atom is 0.254 e. The number of benzene rings is 1. The number of ether oxygens (including phenoxy) is 1. The largest absolute Gasteiger partial charge is 0.503 e. The minimum absolute atomic E-state index is 0.00946. The number of hydrogen-bond acceptors (Lipinski definition) is 5. The molecule has 6 atom stereocenters. The van der Waals surface area contributed by atoms with Gasteiger partial charge in [0.2, 0.25) is 0 Å². The predicted octanol–water partition coefficient (Wildman–Crippen LogP) is 2.94. The summed E-state index contributed by atoms with van der Waals surface area (Å²) in [5, 5.41) is 15.3. The number of hydrogen-bond donors (Lipinski definition) is 1. The van der Waals surface area contributed by atoms with Crippen LogP contribution in [0.1, 0.15) is 18.9 Å². The van der Waals surface area contributed by atoms with Gasteiger partial charge in [0.15, 0.2) is 11.5 Å². The van der Waals surface area contributed by atoms with E-state index in [1.165, 1.54) is 6.21 Å². The summed E-state index contributed by atoms with van der Waals surface area (Å²) in [6, 6.07) is 3.30. The van der Waals surface area contributed by atoms with Crippen LogP contribution in [-0.4, -0.2) is 34.8 Å². The molecule has 140 valence electrons. The van der Waals surface area contributed by atoms with Gasteiger partial charge in [-0.2, -0.15) is 10.1 Å². The number of carbonyl (C=O) groups excluding carboxylic acids is 2. The second-order valence-electron chi connectivity index (χ2n) is 7.67. The van der Waals surface area contributed by atoms with Gasteiger partial charge < -0.3 is 9.84 Å². The molecule has 1 heterocycles. The quantitative estimate of drug-likeness (QED) is 0.452. The molecular formula is C20H19BrN2O4. The Bertz CT molecular complexity index is 875. The number of halogens is 1. The summed E-state index contributed by atoms with van der Waals surface area (Å²) in [7, 11) is 0. The van der Waals surface area contributed by atoms with E-state index in [1.807, 2.05) is 6.92 Å². The summed E-state index contributed by atoms with van der Waals surface area (Å²) in [5.41, 5.74) is 0.627. The molecule has 5 aliphatic rings. The monoisotopic (exact) mass is 430 g/mol. The SMILES string of the molecule is CCOc1cc(C=NN2C(=O)[C@@H]3[C@H]4C=C[C@@H]([C@@H]5C[C@@H]45)[C@@H]3C2=O)cc(Br)c1O. The Morgan fingerprint density at radius 2 is 1.85 bits per heavy atom. The van der Waals surface area contributed by atoms with Crippen molar-refractivity contribution in [2.75, 3.05) is 6.61 Å². The standard InChI is InChI=1S/C20H19BrN2O4/c1-2-27-15-6-9(5-14(21)18(15)24)8-22-23-19(25)16-10-3-4-11(13-7-12(10)13)17(16)20(23)26/h3-6,8,10-13,16-17,24H,2,7H2,1H3/t10-,11-,12-,13-,16-,17+/m0/s1. The summed E-state index contributed by atoms with van der Waals surface area (Å²) in [6.45, 7) is 2.23. The number of rotatable bonds is 4. The van der Waals surface area contributed by atoms with Crippen molar-refractivity contribution in [1.82, 2.24) is 5.01 Å². The van der Waals surface area contributed by atoms with Crippen LogP contribution in [0.3, 0.4) is 0 Å². The van der Waals surface area contributed by atoms with Crippen LogP contribution in [0.4, 0.5) is 0 Å². The van der Waals surface area contributed by atoms with Crippen LogP contribution < -0.4 is 4.74 Å². The van der Waals surface area contributed by atoms with E-state index in [0.717, 1.165) is 11.4 Å². The molecule has 1 N–H and O–H groups in total. The molecule has 6 rings (SSSR count). The molecule has 1 aliphatic heterocycles. The third-order valence-electron chi connectivity index (χ3n) is 6.31. The first-order valence-electron chi connectivity index (χ1n) is 9.26. The van der Waals surface area contributed by atoms with Crippen molar-refractivity contribution in [1.29, 1.82) is 0 Å². The van der Waals surface area contributed by atoms with Gasteiger partial charge in [-0.05, 0) is 70.6 Å². The van der Waals surface area contributed by atoms with Crippen molar-refractivity contribution in [2.24, 2.45) is 40.6 Å². The molecule has 3 fully saturated rings. The van der Waals surface area contributed by atoms with Gasteiger partial charge in [0.25, 0.3) is 11.8 Å². The molecule has 2 amide bonds. The van der Waals surface area contributed by atoms with E-state index < -0.39 is 0 Å². The van der Waals surface area contributed by atoms with Crippen LogP contribution in [-0.2, 0) is 9.59 Å². The molecule has 1 aromatic rings. The molecule has 4 aliphatic carbocycles. The molecule has 1 aromatic carbocycles. The van der Waals surface area contributed by atoms with Crippen LogP contribution in [0.15, 0.2) is 33.9 Å². The summed E-state index contributed by atoms with van der Waals surface area (Å²) < 4.78 is 5.87. The number of amides is 2. The number of nitrogens with zero attached hydrogens (tertiary/aromatic N) is 2.